The molecule has 1 heterocycles. The number of aryl methyl sites for hydroxylation is 1. The van der Waals surface area contributed by atoms with E-state index in [1.54, 1.807) is 24.3 Å². The molecule has 0 bridgehead atoms. The highest BCUT2D eigenvalue weighted by Crippen LogP contribution is 2.16. The Kier molecular flexibility index (Phi) is 4.27. The van der Waals surface area contributed by atoms with E-state index in [1.165, 1.54) is 0 Å². The third kappa shape index (κ3) is 3.42. The highest BCUT2D eigenvalue weighted by Gasteiger charge is 2.14. The van der Waals surface area contributed by atoms with Crippen molar-refractivity contribution in [3.05, 3.63) is 59.0 Å². The number of nitrogens with one attached hydrogen (secondary N) is 1. The summed E-state index contributed by atoms with van der Waals surface area (Å²) < 4.78 is 5.47. The van der Waals surface area contributed by atoms with Crippen molar-refractivity contribution in [2.24, 2.45) is 10.9 Å². The first-order valence-corrected chi connectivity index (χ1v) is 6.46. The number of nitrogens with zero attached hydrogens (tertiary/aromatic N) is 1. The topological polar surface area (TPSA) is 101 Å². The van der Waals surface area contributed by atoms with Crippen molar-refractivity contribution in [1.29, 1.82) is 0 Å². The first-order chi connectivity index (χ1) is 10.0. The quantitative estimate of drug-likeness (QED) is 0.347. The van der Waals surface area contributed by atoms with Crippen LogP contribution in [0.25, 0.3) is 0 Å². The van der Waals surface area contributed by atoms with Crippen LogP contribution in [0.3, 0.4) is 0 Å². The van der Waals surface area contributed by atoms with Gasteiger partial charge in [0.05, 0.1) is 6.04 Å². The Bertz CT molecular complexity index is 659. The van der Waals surface area contributed by atoms with Gasteiger partial charge in [-0.3, -0.25) is 4.79 Å². The van der Waals surface area contributed by atoms with Crippen molar-refractivity contribution in [1.82, 2.24) is 5.32 Å². The average molecular weight is 287 g/mol. The summed E-state index contributed by atoms with van der Waals surface area (Å²) in [4.78, 5) is 12.1. The van der Waals surface area contributed by atoms with E-state index < -0.39 is 0 Å². The summed E-state index contributed by atoms with van der Waals surface area (Å²) in [6.45, 7) is 3.70. The van der Waals surface area contributed by atoms with E-state index in [4.69, 9.17) is 15.4 Å². The minimum Gasteiger partial charge on any atom is -0.464 e. The van der Waals surface area contributed by atoms with Crippen LogP contribution >= 0.6 is 0 Å². The van der Waals surface area contributed by atoms with Crippen LogP contribution in [-0.4, -0.2) is 17.0 Å². The van der Waals surface area contributed by atoms with E-state index in [1.807, 2.05) is 26.0 Å². The number of oxime groups is 1. The maximum atomic E-state index is 12.1. The Hall–Kier alpha value is -2.76. The van der Waals surface area contributed by atoms with Crippen LogP contribution in [-0.2, 0) is 0 Å². The zero-order chi connectivity index (χ0) is 15.4. The molecule has 0 aliphatic rings. The molecule has 1 unspecified atom stereocenters. The van der Waals surface area contributed by atoms with Gasteiger partial charge in [0.2, 0.25) is 0 Å². The van der Waals surface area contributed by atoms with Gasteiger partial charge in [-0.25, -0.2) is 0 Å². The van der Waals surface area contributed by atoms with Crippen LogP contribution in [0.2, 0.25) is 0 Å². The van der Waals surface area contributed by atoms with Gasteiger partial charge in [0.25, 0.3) is 5.91 Å². The minimum absolute atomic E-state index is 0.00128. The molecular weight excluding hydrogens is 270 g/mol. The van der Waals surface area contributed by atoms with Crippen LogP contribution in [0.4, 0.5) is 0 Å². The fourth-order valence-electron chi connectivity index (χ4n) is 1.89. The monoisotopic (exact) mass is 287 g/mol. The normalized spacial score (nSPS) is 13.0. The molecule has 4 N–H and O–H groups in total. The number of furan rings is 1. The van der Waals surface area contributed by atoms with Gasteiger partial charge in [-0.15, -0.1) is 0 Å². The van der Waals surface area contributed by atoms with Crippen molar-refractivity contribution in [3.63, 3.8) is 0 Å². The van der Waals surface area contributed by atoms with Gasteiger partial charge >= 0.3 is 0 Å². The summed E-state index contributed by atoms with van der Waals surface area (Å²) in [7, 11) is 0. The fourth-order valence-corrected chi connectivity index (χ4v) is 1.89. The lowest BCUT2D eigenvalue weighted by Crippen LogP contribution is -2.26. The SMILES string of the molecule is Cc1ccc(C(C)NC(=O)c2ccc(C(N)=NO)cc2)o1. The zero-order valence-corrected chi connectivity index (χ0v) is 11.8. The van der Waals surface area contributed by atoms with Gasteiger partial charge in [0.1, 0.15) is 11.5 Å². The minimum atomic E-state index is -0.227. The number of hydrogen-bond acceptors (Lipinski definition) is 4. The molecule has 2 rings (SSSR count). The Balaban J connectivity index is 2.06. The first-order valence-electron chi connectivity index (χ1n) is 6.46. The highest BCUT2D eigenvalue weighted by atomic mass is 16.4. The Morgan fingerprint density at radius 3 is 2.38 bits per heavy atom. The summed E-state index contributed by atoms with van der Waals surface area (Å²) in [5.74, 6) is 1.28. The lowest BCUT2D eigenvalue weighted by atomic mass is 10.1. The predicted molar refractivity (Wildman–Crippen MR) is 78.3 cm³/mol. The zero-order valence-electron chi connectivity index (χ0n) is 11.8. The predicted octanol–water partition coefficient (Wildman–Crippen LogP) is 2.17. The summed E-state index contributed by atoms with van der Waals surface area (Å²) in [5.41, 5.74) is 6.50. The van der Waals surface area contributed by atoms with E-state index >= 15 is 0 Å². The second-order valence-corrected chi connectivity index (χ2v) is 4.71. The van der Waals surface area contributed by atoms with Crippen molar-refractivity contribution >= 4 is 11.7 Å². The van der Waals surface area contributed by atoms with Crippen molar-refractivity contribution in [3.8, 4) is 0 Å². The van der Waals surface area contributed by atoms with Gasteiger partial charge in [-0.05, 0) is 38.1 Å². The molecule has 0 radical (unpaired) electrons. The van der Waals surface area contributed by atoms with Crippen molar-refractivity contribution < 1.29 is 14.4 Å². The number of amides is 1. The number of carbonyl (C=O) groups excluding carboxylic acids is 1. The molecule has 21 heavy (non-hydrogen) atoms. The molecule has 6 heteroatoms. The summed E-state index contributed by atoms with van der Waals surface area (Å²) in [6.07, 6.45) is 0. The van der Waals surface area contributed by atoms with Gasteiger partial charge in [-0.2, -0.15) is 0 Å². The van der Waals surface area contributed by atoms with E-state index in [2.05, 4.69) is 10.5 Å². The molecule has 2 aromatic rings. The van der Waals surface area contributed by atoms with E-state index in [0.29, 0.717) is 16.9 Å². The molecule has 0 aliphatic heterocycles. The fraction of sp³-hybridized carbons (Fsp3) is 0.200. The van der Waals surface area contributed by atoms with Crippen LogP contribution in [0.15, 0.2) is 46.0 Å². The van der Waals surface area contributed by atoms with Crippen LogP contribution in [0, 0.1) is 6.92 Å². The molecule has 0 aliphatic carbocycles. The number of carbonyl (C=O) groups is 1. The van der Waals surface area contributed by atoms with E-state index in [0.717, 1.165) is 5.76 Å². The molecule has 6 nitrogen and oxygen atoms in total. The summed E-state index contributed by atoms with van der Waals surface area (Å²) >= 11 is 0. The largest absolute Gasteiger partial charge is 0.464 e. The molecule has 1 aromatic carbocycles. The van der Waals surface area contributed by atoms with Crippen LogP contribution < -0.4 is 11.1 Å². The van der Waals surface area contributed by atoms with Gasteiger partial charge < -0.3 is 20.7 Å². The second-order valence-electron chi connectivity index (χ2n) is 4.71. The van der Waals surface area contributed by atoms with Gasteiger partial charge in [0.15, 0.2) is 5.84 Å². The highest BCUT2D eigenvalue weighted by molar-refractivity contribution is 5.99. The lowest BCUT2D eigenvalue weighted by molar-refractivity contribution is 0.0935. The number of rotatable bonds is 4. The number of amidine groups is 1. The standard InChI is InChI=1S/C15H17N3O3/c1-9-3-8-13(21-9)10(2)17-15(19)12-6-4-11(5-7-12)14(16)18-20/h3-8,10,20H,1-2H3,(H2,16,18)(H,17,19). The molecule has 0 saturated heterocycles. The van der Waals surface area contributed by atoms with Crippen LogP contribution in [0.1, 0.15) is 40.4 Å². The number of nitrogens with two attached hydrogens (primary N) is 1. The Morgan fingerprint density at radius 1 is 1.24 bits per heavy atom. The van der Waals surface area contributed by atoms with E-state index in [-0.39, 0.29) is 17.8 Å². The third-order valence-electron chi connectivity index (χ3n) is 3.09. The smallest absolute Gasteiger partial charge is 0.251 e. The second kappa shape index (κ2) is 6.13. The number of benzene rings is 1. The Morgan fingerprint density at radius 2 is 1.86 bits per heavy atom. The molecule has 0 spiro atoms. The van der Waals surface area contributed by atoms with Crippen molar-refractivity contribution in [2.75, 3.05) is 0 Å². The summed E-state index contributed by atoms with van der Waals surface area (Å²) in [6, 6.07) is 9.92. The van der Waals surface area contributed by atoms with Gasteiger partial charge in [-0.1, -0.05) is 17.3 Å². The molecular formula is C15H17N3O3. The van der Waals surface area contributed by atoms with Crippen molar-refractivity contribution in [2.45, 2.75) is 19.9 Å². The number of hydrogen-bond donors (Lipinski definition) is 3. The average Bonchev–Trinajstić information content (AvgIpc) is 2.93. The maximum absolute atomic E-state index is 12.1. The van der Waals surface area contributed by atoms with E-state index in [9.17, 15) is 4.79 Å². The Labute approximate surface area is 122 Å². The molecule has 1 amide bonds. The van der Waals surface area contributed by atoms with Crippen LogP contribution in [0.5, 0.6) is 0 Å². The molecule has 0 fully saturated rings. The molecule has 1 atom stereocenters. The first kappa shape index (κ1) is 14.6. The summed E-state index contributed by atoms with van der Waals surface area (Å²) in [5, 5.41) is 14.3. The third-order valence-corrected chi connectivity index (χ3v) is 3.09. The molecule has 0 saturated carbocycles. The molecule has 1 aromatic heterocycles. The maximum Gasteiger partial charge on any atom is 0.251 e. The molecule has 110 valence electrons. The lowest BCUT2D eigenvalue weighted by Gasteiger charge is -2.11. The van der Waals surface area contributed by atoms with Gasteiger partial charge in [0, 0.05) is 11.1 Å².